The fourth-order valence-corrected chi connectivity index (χ4v) is 3.13. The van der Waals surface area contributed by atoms with Gasteiger partial charge in [-0.15, -0.1) is 11.3 Å². The van der Waals surface area contributed by atoms with Crippen molar-refractivity contribution in [2.24, 2.45) is 0 Å². The van der Waals surface area contributed by atoms with Gasteiger partial charge in [-0.25, -0.2) is 0 Å². The molecule has 0 saturated carbocycles. The van der Waals surface area contributed by atoms with Gasteiger partial charge in [-0.2, -0.15) is 0 Å². The molecule has 0 saturated heterocycles. The zero-order valence-corrected chi connectivity index (χ0v) is 12.2. The molecule has 2 nitrogen and oxygen atoms in total. The molecule has 1 aromatic carbocycles. The van der Waals surface area contributed by atoms with Crippen molar-refractivity contribution in [3.63, 3.8) is 0 Å². The lowest BCUT2D eigenvalue weighted by molar-refractivity contribution is 0.701. The van der Waals surface area contributed by atoms with E-state index in [4.69, 9.17) is 17.3 Å². The van der Waals surface area contributed by atoms with E-state index in [0.29, 0.717) is 10.7 Å². The Bertz CT molecular complexity index is 509. The van der Waals surface area contributed by atoms with Gasteiger partial charge in [0.25, 0.3) is 0 Å². The summed E-state index contributed by atoms with van der Waals surface area (Å²) in [7, 11) is 0. The smallest absolute Gasteiger partial charge is 0.0429 e. The van der Waals surface area contributed by atoms with Gasteiger partial charge in [-0.05, 0) is 49.2 Å². The number of nitrogens with one attached hydrogen (secondary N) is 1. The Morgan fingerprint density at radius 1 is 1.17 bits per heavy atom. The molecular formula is C14H17ClN2S. The van der Waals surface area contributed by atoms with Crippen LogP contribution >= 0.6 is 22.9 Å². The average molecular weight is 281 g/mol. The highest BCUT2D eigenvalue weighted by Gasteiger charge is 2.02. The molecule has 0 radical (unpaired) electrons. The number of aryl methyl sites for hydroxylation is 2. The SMILES string of the molecule is Cc1cc(CNCc2cc(N)cc(Cl)c2)sc1C. The molecule has 0 aliphatic heterocycles. The molecule has 1 heterocycles. The summed E-state index contributed by atoms with van der Waals surface area (Å²) >= 11 is 7.81. The van der Waals surface area contributed by atoms with E-state index >= 15 is 0 Å². The number of nitrogens with two attached hydrogens (primary N) is 1. The van der Waals surface area contributed by atoms with Crippen molar-refractivity contribution in [2.75, 3.05) is 5.73 Å². The topological polar surface area (TPSA) is 38.0 Å². The lowest BCUT2D eigenvalue weighted by Gasteiger charge is -2.05. The minimum Gasteiger partial charge on any atom is -0.399 e. The summed E-state index contributed by atoms with van der Waals surface area (Å²) in [5, 5.41) is 4.10. The molecule has 96 valence electrons. The van der Waals surface area contributed by atoms with Crippen LogP contribution in [0.25, 0.3) is 0 Å². The molecule has 4 heteroatoms. The van der Waals surface area contributed by atoms with Gasteiger partial charge in [0.1, 0.15) is 0 Å². The minimum atomic E-state index is 0.689. The lowest BCUT2D eigenvalue weighted by Crippen LogP contribution is -2.11. The molecule has 0 fully saturated rings. The molecule has 2 aromatic rings. The Kier molecular flexibility index (Phi) is 4.27. The highest BCUT2D eigenvalue weighted by Crippen LogP contribution is 2.21. The number of hydrogen-bond donors (Lipinski definition) is 2. The molecule has 3 N–H and O–H groups in total. The lowest BCUT2D eigenvalue weighted by atomic mass is 10.2. The average Bonchev–Trinajstić information content (AvgIpc) is 2.57. The van der Waals surface area contributed by atoms with E-state index in [-0.39, 0.29) is 0 Å². The van der Waals surface area contributed by atoms with Gasteiger partial charge in [-0.1, -0.05) is 11.6 Å². The molecule has 0 aliphatic rings. The first-order chi connectivity index (χ1) is 8.54. The normalized spacial score (nSPS) is 10.8. The quantitative estimate of drug-likeness (QED) is 0.834. The molecule has 0 spiro atoms. The van der Waals surface area contributed by atoms with Crippen LogP contribution in [-0.2, 0) is 13.1 Å². The molecule has 0 aliphatic carbocycles. The molecule has 0 unspecified atom stereocenters. The molecule has 1 aromatic heterocycles. The Balaban J connectivity index is 1.92. The Labute approximate surface area is 117 Å². The summed E-state index contributed by atoms with van der Waals surface area (Å²) in [5.74, 6) is 0. The maximum Gasteiger partial charge on any atom is 0.0429 e. The van der Waals surface area contributed by atoms with Crippen LogP contribution in [0.4, 0.5) is 5.69 Å². The summed E-state index contributed by atoms with van der Waals surface area (Å²) < 4.78 is 0. The van der Waals surface area contributed by atoms with Gasteiger partial charge >= 0.3 is 0 Å². The van der Waals surface area contributed by atoms with Gasteiger partial charge < -0.3 is 11.1 Å². The number of nitrogen functional groups attached to an aromatic ring is 1. The van der Waals surface area contributed by atoms with Crippen LogP contribution in [0.1, 0.15) is 20.9 Å². The van der Waals surface area contributed by atoms with Crippen molar-refractivity contribution in [3.8, 4) is 0 Å². The van der Waals surface area contributed by atoms with Gasteiger partial charge in [0, 0.05) is 33.6 Å². The van der Waals surface area contributed by atoms with Gasteiger partial charge in [-0.3, -0.25) is 0 Å². The monoisotopic (exact) mass is 280 g/mol. The highest BCUT2D eigenvalue weighted by atomic mass is 35.5. The van der Waals surface area contributed by atoms with Crippen LogP contribution in [0.5, 0.6) is 0 Å². The summed E-state index contributed by atoms with van der Waals surface area (Å²) in [6, 6.07) is 7.88. The second kappa shape index (κ2) is 5.74. The molecular weight excluding hydrogens is 264 g/mol. The standard InChI is InChI=1S/C14H17ClN2S/c1-9-3-14(18-10(9)2)8-17-7-11-4-12(15)6-13(16)5-11/h3-6,17H,7-8,16H2,1-2H3. The third-order valence-corrected chi connectivity index (χ3v) is 4.20. The first-order valence-electron chi connectivity index (χ1n) is 5.86. The third kappa shape index (κ3) is 3.48. The van der Waals surface area contributed by atoms with E-state index in [2.05, 4.69) is 25.2 Å². The van der Waals surface area contributed by atoms with Gasteiger partial charge in [0.15, 0.2) is 0 Å². The van der Waals surface area contributed by atoms with Crippen molar-refractivity contribution >= 4 is 28.6 Å². The predicted octanol–water partition coefficient (Wildman–Crippen LogP) is 3.89. The summed E-state index contributed by atoms with van der Waals surface area (Å²) in [6.45, 7) is 5.96. The van der Waals surface area contributed by atoms with Crippen molar-refractivity contribution < 1.29 is 0 Å². The number of halogens is 1. The number of anilines is 1. The maximum absolute atomic E-state index is 5.96. The summed E-state index contributed by atoms with van der Waals surface area (Å²) in [4.78, 5) is 2.75. The molecule has 2 rings (SSSR count). The van der Waals surface area contributed by atoms with Gasteiger partial charge in [0.2, 0.25) is 0 Å². The first-order valence-corrected chi connectivity index (χ1v) is 7.05. The summed E-state index contributed by atoms with van der Waals surface area (Å²) in [6.07, 6.45) is 0. The van der Waals surface area contributed by atoms with Crippen LogP contribution in [0.3, 0.4) is 0 Å². The molecule has 0 bridgehead atoms. The second-order valence-corrected chi connectivity index (χ2v) is 6.23. The van der Waals surface area contributed by atoms with Crippen molar-refractivity contribution in [1.29, 1.82) is 0 Å². The number of hydrogen-bond acceptors (Lipinski definition) is 3. The van der Waals surface area contributed by atoms with Crippen LogP contribution < -0.4 is 11.1 Å². The fraction of sp³-hybridized carbons (Fsp3) is 0.286. The van der Waals surface area contributed by atoms with Crippen LogP contribution in [0.2, 0.25) is 5.02 Å². The van der Waals surface area contributed by atoms with E-state index in [9.17, 15) is 0 Å². The van der Waals surface area contributed by atoms with E-state index in [0.717, 1.165) is 18.7 Å². The van der Waals surface area contributed by atoms with Gasteiger partial charge in [0.05, 0.1) is 0 Å². The summed E-state index contributed by atoms with van der Waals surface area (Å²) in [5.41, 5.74) is 8.95. The Hall–Kier alpha value is -1.03. The van der Waals surface area contributed by atoms with Crippen LogP contribution in [0.15, 0.2) is 24.3 Å². The predicted molar refractivity (Wildman–Crippen MR) is 80.2 cm³/mol. The fourth-order valence-electron chi connectivity index (χ4n) is 1.84. The largest absolute Gasteiger partial charge is 0.399 e. The maximum atomic E-state index is 5.96. The zero-order valence-electron chi connectivity index (χ0n) is 10.6. The highest BCUT2D eigenvalue weighted by molar-refractivity contribution is 7.12. The van der Waals surface area contributed by atoms with E-state index in [1.165, 1.54) is 15.3 Å². The van der Waals surface area contributed by atoms with Crippen molar-refractivity contribution in [3.05, 3.63) is 50.2 Å². The Morgan fingerprint density at radius 2 is 1.94 bits per heavy atom. The van der Waals surface area contributed by atoms with E-state index < -0.39 is 0 Å². The number of rotatable bonds is 4. The molecule has 0 atom stereocenters. The first kappa shape index (κ1) is 13.4. The second-order valence-electron chi connectivity index (χ2n) is 4.45. The van der Waals surface area contributed by atoms with E-state index in [1.807, 2.05) is 23.5 Å². The van der Waals surface area contributed by atoms with E-state index in [1.54, 1.807) is 6.07 Å². The van der Waals surface area contributed by atoms with Crippen molar-refractivity contribution in [2.45, 2.75) is 26.9 Å². The zero-order chi connectivity index (χ0) is 13.1. The third-order valence-electron chi connectivity index (χ3n) is 2.83. The van der Waals surface area contributed by atoms with Crippen LogP contribution in [0, 0.1) is 13.8 Å². The number of benzene rings is 1. The molecule has 18 heavy (non-hydrogen) atoms. The molecule has 0 amide bonds. The van der Waals surface area contributed by atoms with Crippen molar-refractivity contribution in [1.82, 2.24) is 5.32 Å². The number of thiophene rings is 1. The van der Waals surface area contributed by atoms with Crippen LogP contribution in [-0.4, -0.2) is 0 Å². The Morgan fingerprint density at radius 3 is 2.56 bits per heavy atom. The minimum absolute atomic E-state index is 0.689.